The lowest BCUT2D eigenvalue weighted by Crippen LogP contribution is -2.48. The number of aliphatic carboxylic acids is 1. The zero-order chi connectivity index (χ0) is 11.9. The van der Waals surface area contributed by atoms with Crippen molar-refractivity contribution in [3.63, 3.8) is 0 Å². The van der Waals surface area contributed by atoms with Gasteiger partial charge in [0, 0.05) is 6.61 Å². The van der Waals surface area contributed by atoms with Crippen molar-refractivity contribution in [3.05, 3.63) is 0 Å². The number of aliphatic hydroxyl groups excluding tert-OH is 1. The molecule has 4 heteroatoms. The SMILES string of the molecule is CN(CCCCCCO)C(C)(C)C(=O)O. The van der Waals surface area contributed by atoms with Gasteiger partial charge in [0.2, 0.25) is 0 Å². The minimum Gasteiger partial charge on any atom is -0.480 e. The lowest BCUT2D eigenvalue weighted by molar-refractivity contribution is -0.148. The molecule has 0 fully saturated rings. The molecule has 0 saturated carbocycles. The van der Waals surface area contributed by atoms with Crippen LogP contribution in [-0.4, -0.2) is 46.8 Å². The van der Waals surface area contributed by atoms with E-state index < -0.39 is 11.5 Å². The average Bonchev–Trinajstić information content (AvgIpc) is 2.16. The summed E-state index contributed by atoms with van der Waals surface area (Å²) < 4.78 is 0. The summed E-state index contributed by atoms with van der Waals surface area (Å²) in [7, 11) is 1.83. The Balaban J connectivity index is 3.73. The van der Waals surface area contributed by atoms with Crippen LogP contribution in [0.25, 0.3) is 0 Å². The van der Waals surface area contributed by atoms with Crippen molar-refractivity contribution in [1.29, 1.82) is 0 Å². The van der Waals surface area contributed by atoms with Crippen LogP contribution in [0.5, 0.6) is 0 Å². The smallest absolute Gasteiger partial charge is 0.323 e. The van der Waals surface area contributed by atoms with E-state index in [0.717, 1.165) is 32.2 Å². The van der Waals surface area contributed by atoms with Gasteiger partial charge in [-0.2, -0.15) is 0 Å². The van der Waals surface area contributed by atoms with Crippen molar-refractivity contribution < 1.29 is 15.0 Å². The normalized spacial score (nSPS) is 12.1. The van der Waals surface area contributed by atoms with Gasteiger partial charge in [0.1, 0.15) is 5.54 Å². The minimum absolute atomic E-state index is 0.246. The number of hydrogen-bond acceptors (Lipinski definition) is 3. The molecule has 4 nitrogen and oxygen atoms in total. The van der Waals surface area contributed by atoms with Crippen molar-refractivity contribution in [2.45, 2.75) is 45.1 Å². The molecule has 0 atom stereocenters. The number of carbonyl (C=O) groups is 1. The summed E-state index contributed by atoms with van der Waals surface area (Å²) in [5.41, 5.74) is -0.795. The molecule has 0 aliphatic rings. The molecule has 0 aromatic heterocycles. The van der Waals surface area contributed by atoms with Gasteiger partial charge in [-0.1, -0.05) is 12.8 Å². The standard InChI is InChI=1S/C11H23NO3/c1-11(2,10(14)15)12(3)8-6-4-5-7-9-13/h13H,4-9H2,1-3H3,(H,14,15). The topological polar surface area (TPSA) is 60.8 Å². The zero-order valence-electron chi connectivity index (χ0n) is 9.99. The molecule has 0 aliphatic heterocycles. The molecule has 0 spiro atoms. The molecule has 0 bridgehead atoms. The Bertz CT molecular complexity index is 192. The first-order valence-corrected chi connectivity index (χ1v) is 5.48. The predicted octanol–water partition coefficient (Wildman–Crippen LogP) is 1.33. The summed E-state index contributed by atoms with van der Waals surface area (Å²) in [6.45, 7) is 4.45. The van der Waals surface area contributed by atoms with Crippen molar-refractivity contribution in [2.75, 3.05) is 20.2 Å². The Morgan fingerprint density at radius 2 is 1.73 bits per heavy atom. The molecule has 0 rings (SSSR count). The van der Waals surface area contributed by atoms with Gasteiger partial charge in [-0.25, -0.2) is 0 Å². The van der Waals surface area contributed by atoms with E-state index in [1.165, 1.54) is 0 Å². The van der Waals surface area contributed by atoms with Crippen molar-refractivity contribution in [2.24, 2.45) is 0 Å². The molecule has 90 valence electrons. The van der Waals surface area contributed by atoms with E-state index in [1.54, 1.807) is 13.8 Å². The number of hydrogen-bond donors (Lipinski definition) is 2. The molecule has 0 aromatic carbocycles. The second-order valence-corrected chi connectivity index (χ2v) is 4.42. The molecule has 0 radical (unpaired) electrons. The molecule has 0 aliphatic carbocycles. The second kappa shape index (κ2) is 6.80. The van der Waals surface area contributed by atoms with Gasteiger partial charge in [0.25, 0.3) is 0 Å². The van der Waals surface area contributed by atoms with Crippen LogP contribution in [0.4, 0.5) is 0 Å². The summed E-state index contributed by atoms with van der Waals surface area (Å²) in [6.07, 6.45) is 3.87. The van der Waals surface area contributed by atoms with Gasteiger partial charge in [0.15, 0.2) is 0 Å². The lowest BCUT2D eigenvalue weighted by atomic mass is 10.0. The molecule has 15 heavy (non-hydrogen) atoms. The van der Waals surface area contributed by atoms with Gasteiger partial charge in [-0.3, -0.25) is 9.69 Å². The van der Waals surface area contributed by atoms with E-state index >= 15 is 0 Å². The van der Waals surface area contributed by atoms with E-state index in [-0.39, 0.29) is 6.61 Å². The summed E-state index contributed by atoms with van der Waals surface area (Å²) >= 11 is 0. The van der Waals surface area contributed by atoms with E-state index in [0.29, 0.717) is 0 Å². The van der Waals surface area contributed by atoms with Crippen LogP contribution < -0.4 is 0 Å². The predicted molar refractivity (Wildman–Crippen MR) is 59.9 cm³/mol. The van der Waals surface area contributed by atoms with Crippen LogP contribution in [0.3, 0.4) is 0 Å². The first kappa shape index (κ1) is 14.4. The van der Waals surface area contributed by atoms with Crippen LogP contribution in [0.15, 0.2) is 0 Å². The molecular weight excluding hydrogens is 194 g/mol. The highest BCUT2D eigenvalue weighted by molar-refractivity contribution is 5.77. The lowest BCUT2D eigenvalue weighted by Gasteiger charge is -2.31. The molecular formula is C11H23NO3. The van der Waals surface area contributed by atoms with Crippen LogP contribution in [-0.2, 0) is 4.79 Å². The fraction of sp³-hybridized carbons (Fsp3) is 0.909. The third kappa shape index (κ3) is 5.14. The fourth-order valence-electron chi connectivity index (χ4n) is 1.26. The Morgan fingerprint density at radius 3 is 2.20 bits per heavy atom. The third-order valence-corrected chi connectivity index (χ3v) is 2.88. The van der Waals surface area contributed by atoms with Crippen molar-refractivity contribution in [3.8, 4) is 0 Å². The molecule has 0 unspecified atom stereocenters. The molecule has 0 saturated heterocycles. The second-order valence-electron chi connectivity index (χ2n) is 4.42. The quantitative estimate of drug-likeness (QED) is 0.602. The van der Waals surface area contributed by atoms with Crippen LogP contribution in [0, 0.1) is 0 Å². The fourth-order valence-corrected chi connectivity index (χ4v) is 1.26. The van der Waals surface area contributed by atoms with Gasteiger partial charge in [0.05, 0.1) is 0 Å². The molecule has 0 heterocycles. The Hall–Kier alpha value is -0.610. The number of rotatable bonds is 8. The average molecular weight is 217 g/mol. The maximum atomic E-state index is 10.9. The maximum absolute atomic E-state index is 10.9. The van der Waals surface area contributed by atoms with Crippen LogP contribution in [0.1, 0.15) is 39.5 Å². The van der Waals surface area contributed by atoms with E-state index in [9.17, 15) is 4.79 Å². The highest BCUT2D eigenvalue weighted by Crippen LogP contribution is 2.13. The van der Waals surface area contributed by atoms with E-state index in [1.807, 2.05) is 11.9 Å². The number of unbranched alkanes of at least 4 members (excludes halogenated alkanes) is 3. The van der Waals surface area contributed by atoms with Crippen molar-refractivity contribution >= 4 is 5.97 Å². The highest BCUT2D eigenvalue weighted by Gasteiger charge is 2.31. The number of carboxylic acids is 1. The Labute approximate surface area is 91.9 Å². The first-order valence-electron chi connectivity index (χ1n) is 5.48. The first-order chi connectivity index (χ1) is 6.92. The third-order valence-electron chi connectivity index (χ3n) is 2.88. The number of aliphatic hydroxyl groups is 1. The minimum atomic E-state index is -0.795. The van der Waals surface area contributed by atoms with Crippen LogP contribution in [0.2, 0.25) is 0 Å². The summed E-state index contributed by atoms with van der Waals surface area (Å²) in [5, 5.41) is 17.6. The van der Waals surface area contributed by atoms with Gasteiger partial charge >= 0.3 is 5.97 Å². The molecule has 0 aromatic rings. The van der Waals surface area contributed by atoms with E-state index in [2.05, 4.69) is 0 Å². The Kier molecular flexibility index (Phi) is 6.52. The number of carboxylic acid groups (broad SMARTS) is 1. The molecule has 0 amide bonds. The summed E-state index contributed by atoms with van der Waals surface area (Å²) in [6, 6.07) is 0. The number of nitrogens with zero attached hydrogens (tertiary/aromatic N) is 1. The number of likely N-dealkylation sites (N-methyl/N-ethyl adjacent to an activating group) is 1. The zero-order valence-corrected chi connectivity index (χ0v) is 9.99. The summed E-state index contributed by atoms with van der Waals surface area (Å²) in [5.74, 6) is -0.791. The van der Waals surface area contributed by atoms with E-state index in [4.69, 9.17) is 10.2 Å². The highest BCUT2D eigenvalue weighted by atomic mass is 16.4. The maximum Gasteiger partial charge on any atom is 0.323 e. The molecule has 2 N–H and O–H groups in total. The monoisotopic (exact) mass is 217 g/mol. The van der Waals surface area contributed by atoms with Gasteiger partial charge in [-0.05, 0) is 40.3 Å². The van der Waals surface area contributed by atoms with Gasteiger partial charge < -0.3 is 10.2 Å². The van der Waals surface area contributed by atoms with Crippen molar-refractivity contribution in [1.82, 2.24) is 4.90 Å². The Morgan fingerprint density at radius 1 is 1.20 bits per heavy atom. The summed E-state index contributed by atoms with van der Waals surface area (Å²) in [4.78, 5) is 12.8. The van der Waals surface area contributed by atoms with Crippen LogP contribution >= 0.6 is 0 Å². The largest absolute Gasteiger partial charge is 0.480 e. The van der Waals surface area contributed by atoms with Gasteiger partial charge in [-0.15, -0.1) is 0 Å².